The molecule has 1 unspecified atom stereocenters. The minimum Gasteiger partial charge on any atom is -0.490 e. The number of carbonyl (C=O) groups excluding carboxylic acids is 1. The number of benzene rings is 2. The lowest BCUT2D eigenvalue weighted by Crippen LogP contribution is -2.28. The Bertz CT molecular complexity index is 1190. The average Bonchev–Trinajstić information content (AvgIpc) is 3.21. The number of hydrogen-bond acceptors (Lipinski definition) is 5. The molecule has 3 N–H and O–H groups in total. The van der Waals surface area contributed by atoms with E-state index in [-0.39, 0.29) is 23.2 Å². The van der Waals surface area contributed by atoms with Gasteiger partial charge >= 0.3 is 0 Å². The molecule has 2 heterocycles. The Morgan fingerprint density at radius 3 is 2.73 bits per heavy atom. The van der Waals surface area contributed by atoms with Gasteiger partial charge in [-0.05, 0) is 42.5 Å². The van der Waals surface area contributed by atoms with Gasteiger partial charge in [0.1, 0.15) is 17.3 Å². The molecule has 1 aliphatic rings. The van der Waals surface area contributed by atoms with Crippen molar-refractivity contribution < 1.29 is 13.9 Å². The van der Waals surface area contributed by atoms with Crippen molar-refractivity contribution >= 4 is 17.8 Å². The van der Waals surface area contributed by atoms with E-state index in [4.69, 9.17) is 15.5 Å². The van der Waals surface area contributed by atoms with Crippen molar-refractivity contribution in [1.82, 2.24) is 10.3 Å². The van der Waals surface area contributed by atoms with Gasteiger partial charge in [-0.3, -0.25) is 9.79 Å². The molecule has 0 radical (unpaired) electrons. The normalized spacial score (nSPS) is 15.3. The van der Waals surface area contributed by atoms with E-state index in [0.717, 1.165) is 28.3 Å². The maximum absolute atomic E-state index is 13.4. The molecular formula is C26H25FN4O2. The highest BCUT2D eigenvalue weighted by molar-refractivity contribution is 6.12. The first-order chi connectivity index (χ1) is 16.0. The second-order valence-electron chi connectivity index (χ2n) is 7.82. The van der Waals surface area contributed by atoms with Gasteiger partial charge in [-0.25, -0.2) is 9.37 Å². The molecule has 0 saturated carbocycles. The molecule has 168 valence electrons. The maximum atomic E-state index is 13.4. The summed E-state index contributed by atoms with van der Waals surface area (Å²) in [5, 5.41) is 2.86. The molecule has 0 spiro atoms. The Morgan fingerprint density at radius 2 is 2.00 bits per heavy atom. The maximum Gasteiger partial charge on any atom is 0.254 e. The zero-order valence-corrected chi connectivity index (χ0v) is 18.3. The highest BCUT2D eigenvalue weighted by atomic mass is 19.1. The van der Waals surface area contributed by atoms with Crippen LogP contribution in [0.5, 0.6) is 5.75 Å². The summed E-state index contributed by atoms with van der Waals surface area (Å²) in [5.41, 5.74) is 10.0. The van der Waals surface area contributed by atoms with Crippen LogP contribution in [-0.4, -0.2) is 30.3 Å². The van der Waals surface area contributed by atoms with Gasteiger partial charge in [0, 0.05) is 48.1 Å². The number of halogens is 1. The number of nitrogens with zero attached hydrogens (tertiary/aromatic N) is 2. The fraction of sp³-hybridized carbons (Fsp3) is 0.192. The predicted octanol–water partition coefficient (Wildman–Crippen LogP) is 4.29. The Hall–Kier alpha value is -4.00. The van der Waals surface area contributed by atoms with Crippen molar-refractivity contribution in [3.05, 3.63) is 89.5 Å². The quantitative estimate of drug-likeness (QED) is 0.420. The fourth-order valence-electron chi connectivity index (χ4n) is 3.60. The number of aromatic nitrogens is 1. The number of nitrogens with two attached hydrogens (primary N) is 1. The number of fused-ring (bicyclic) bond motifs is 1. The Kier molecular flexibility index (Phi) is 6.78. The Labute approximate surface area is 192 Å². The van der Waals surface area contributed by atoms with E-state index in [1.165, 1.54) is 24.5 Å². The zero-order valence-electron chi connectivity index (χ0n) is 18.3. The molecular weight excluding hydrogens is 419 g/mol. The summed E-state index contributed by atoms with van der Waals surface area (Å²) in [5.74, 6) is 0.362. The lowest BCUT2D eigenvalue weighted by Gasteiger charge is -2.12. The van der Waals surface area contributed by atoms with Crippen molar-refractivity contribution in [2.75, 3.05) is 13.2 Å². The number of nitrogens with one attached hydrogen (secondary N) is 1. The molecule has 6 nitrogen and oxygen atoms in total. The van der Waals surface area contributed by atoms with Crippen molar-refractivity contribution in [2.24, 2.45) is 10.7 Å². The van der Waals surface area contributed by atoms with Gasteiger partial charge in [-0.2, -0.15) is 0 Å². The van der Waals surface area contributed by atoms with Crippen molar-refractivity contribution in [3.8, 4) is 17.0 Å². The van der Waals surface area contributed by atoms with Gasteiger partial charge in [-0.1, -0.05) is 25.1 Å². The Morgan fingerprint density at radius 1 is 1.24 bits per heavy atom. The number of aliphatic imine (C=N–C) groups is 1. The second kappa shape index (κ2) is 10.1. The minimum absolute atomic E-state index is 0.233. The molecule has 1 atom stereocenters. The van der Waals surface area contributed by atoms with Gasteiger partial charge in [0.2, 0.25) is 0 Å². The van der Waals surface area contributed by atoms with Crippen molar-refractivity contribution in [1.29, 1.82) is 0 Å². The highest BCUT2D eigenvalue weighted by Crippen LogP contribution is 2.41. The third-order valence-electron chi connectivity index (χ3n) is 5.40. The first kappa shape index (κ1) is 22.2. The molecule has 4 rings (SSSR count). The van der Waals surface area contributed by atoms with Crippen LogP contribution in [0.2, 0.25) is 0 Å². The van der Waals surface area contributed by atoms with Crippen LogP contribution in [-0.2, 0) is 11.2 Å². The molecule has 2 aromatic carbocycles. The first-order valence-electron chi connectivity index (χ1n) is 10.8. The molecule has 0 saturated heterocycles. The van der Waals surface area contributed by atoms with Gasteiger partial charge < -0.3 is 15.8 Å². The lowest BCUT2D eigenvalue weighted by molar-refractivity contribution is -0.116. The minimum atomic E-state index is -0.311. The van der Waals surface area contributed by atoms with Gasteiger partial charge in [0.25, 0.3) is 5.91 Å². The van der Waals surface area contributed by atoms with Crippen LogP contribution < -0.4 is 15.8 Å². The van der Waals surface area contributed by atoms with E-state index in [1.54, 1.807) is 12.1 Å². The van der Waals surface area contributed by atoms with E-state index in [9.17, 15) is 9.18 Å². The monoisotopic (exact) mass is 444 g/mol. The van der Waals surface area contributed by atoms with Crippen LogP contribution in [0, 0.1) is 5.82 Å². The number of carbonyl (C=O) groups is 1. The summed E-state index contributed by atoms with van der Waals surface area (Å²) in [4.78, 5) is 21.5. The summed E-state index contributed by atoms with van der Waals surface area (Å²) in [7, 11) is 0. The predicted molar refractivity (Wildman–Crippen MR) is 127 cm³/mol. The molecule has 0 aliphatic carbocycles. The molecule has 3 aromatic rings. The van der Waals surface area contributed by atoms with Crippen LogP contribution in [0.15, 0.2) is 77.4 Å². The average molecular weight is 445 g/mol. The summed E-state index contributed by atoms with van der Waals surface area (Å²) in [6.07, 6.45) is 3.21. The van der Waals surface area contributed by atoms with Crippen molar-refractivity contribution in [2.45, 2.75) is 19.3 Å². The summed E-state index contributed by atoms with van der Waals surface area (Å²) in [6, 6.07) is 17.5. The molecule has 7 heteroatoms. The molecule has 1 amide bonds. The standard InChI is InChI=1S/C26H25FN4O2/c1-17-16-33-25-23(17)13-22(31-24(25)18-7-9-20(27)10-8-18)11-12-29-26(32)19(14-28)15-30-21-5-3-2-4-6-21/h2-10,13-15,17H,11-12,16,28H2,1H3,(H,29,32)/b19-14+,30-15?. The summed E-state index contributed by atoms with van der Waals surface area (Å²) < 4.78 is 19.3. The number of ether oxygens (including phenoxy) is 1. The number of amides is 1. The third kappa shape index (κ3) is 5.26. The van der Waals surface area contributed by atoms with Crippen LogP contribution >= 0.6 is 0 Å². The van der Waals surface area contributed by atoms with Crippen LogP contribution in [0.1, 0.15) is 24.1 Å². The first-order valence-corrected chi connectivity index (χ1v) is 10.8. The Balaban J connectivity index is 1.45. The lowest BCUT2D eigenvalue weighted by atomic mass is 9.99. The number of hydrogen-bond donors (Lipinski definition) is 2. The van der Waals surface area contributed by atoms with Gasteiger partial charge in [-0.15, -0.1) is 0 Å². The van der Waals surface area contributed by atoms with E-state index < -0.39 is 0 Å². The molecule has 1 aliphatic heterocycles. The summed E-state index contributed by atoms with van der Waals surface area (Å²) >= 11 is 0. The SMILES string of the molecule is CC1COc2c1cc(CCNC(=O)/C(C=Nc1ccccc1)=C/N)nc2-c1ccc(F)cc1. The third-order valence-corrected chi connectivity index (χ3v) is 5.40. The van der Waals surface area contributed by atoms with Crippen LogP contribution in [0.4, 0.5) is 10.1 Å². The van der Waals surface area contributed by atoms with Crippen molar-refractivity contribution in [3.63, 3.8) is 0 Å². The molecule has 0 fully saturated rings. The zero-order chi connectivity index (χ0) is 23.2. The fourth-order valence-corrected chi connectivity index (χ4v) is 3.60. The number of para-hydroxylation sites is 1. The van der Waals surface area contributed by atoms with E-state index >= 15 is 0 Å². The van der Waals surface area contributed by atoms with E-state index in [0.29, 0.717) is 25.3 Å². The van der Waals surface area contributed by atoms with Crippen LogP contribution in [0.25, 0.3) is 11.3 Å². The van der Waals surface area contributed by atoms with Gasteiger partial charge in [0.05, 0.1) is 17.9 Å². The summed E-state index contributed by atoms with van der Waals surface area (Å²) in [6.45, 7) is 3.05. The van der Waals surface area contributed by atoms with Crippen LogP contribution in [0.3, 0.4) is 0 Å². The number of pyridine rings is 1. The van der Waals surface area contributed by atoms with E-state index in [2.05, 4.69) is 17.2 Å². The molecule has 33 heavy (non-hydrogen) atoms. The molecule has 0 bridgehead atoms. The van der Waals surface area contributed by atoms with E-state index in [1.807, 2.05) is 36.4 Å². The molecule has 1 aromatic heterocycles. The van der Waals surface area contributed by atoms with Gasteiger partial charge in [0.15, 0.2) is 0 Å². The largest absolute Gasteiger partial charge is 0.490 e. The topological polar surface area (TPSA) is 89.6 Å². The smallest absolute Gasteiger partial charge is 0.254 e. The highest BCUT2D eigenvalue weighted by Gasteiger charge is 2.26. The number of rotatable bonds is 7. The second-order valence-corrected chi connectivity index (χ2v) is 7.82.